The molecule has 0 spiro atoms. The first-order valence-electron chi connectivity index (χ1n) is 15.3. The number of hydrogen-bond acceptors (Lipinski definition) is 6. The van der Waals surface area contributed by atoms with Gasteiger partial charge in [0.25, 0.3) is 0 Å². The number of benzene rings is 5. The summed E-state index contributed by atoms with van der Waals surface area (Å²) in [6.45, 7) is 3.91. The van der Waals surface area contributed by atoms with Crippen LogP contribution in [0.3, 0.4) is 0 Å². The lowest BCUT2D eigenvalue weighted by molar-refractivity contribution is 0.0975. The van der Waals surface area contributed by atoms with E-state index >= 15 is 0 Å². The zero-order valence-corrected chi connectivity index (χ0v) is 27.5. The molecule has 0 bridgehead atoms. The molecular weight excluding hydrogens is 685 g/mol. The predicted octanol–water partition coefficient (Wildman–Crippen LogP) is 10.5. The fraction of sp³-hybridized carbons (Fsp3) is 0.0500. The van der Waals surface area contributed by atoms with Crippen LogP contribution in [0.1, 0.15) is 62.3 Å². The Morgan fingerprint density at radius 3 is 1.00 bits per heavy atom. The molecule has 9 rings (SSSR count). The molecule has 2 heterocycles. The van der Waals surface area contributed by atoms with Crippen LogP contribution in [0.2, 0.25) is 0 Å². The summed E-state index contributed by atoms with van der Waals surface area (Å²) in [4.78, 5) is 54.8. The first-order chi connectivity index (χ1) is 23.9. The van der Waals surface area contributed by atoms with Crippen molar-refractivity contribution in [2.75, 3.05) is 0 Å². The van der Waals surface area contributed by atoms with Gasteiger partial charge in [-0.3, -0.25) is 19.2 Å². The number of allylic oxidation sites excluding steroid dienone is 2. The van der Waals surface area contributed by atoms with Gasteiger partial charge in [0.15, 0.2) is 46.4 Å². The Hall–Kier alpha value is -5.58. The third-order valence-electron chi connectivity index (χ3n) is 9.55. The van der Waals surface area contributed by atoms with Gasteiger partial charge in [-0.1, -0.05) is 0 Å². The van der Waals surface area contributed by atoms with E-state index in [4.69, 9.17) is 0 Å². The number of fused-ring (bicyclic) bond motifs is 6. The molecule has 10 heteroatoms. The number of halogens is 4. The Morgan fingerprint density at radius 1 is 0.440 bits per heavy atom. The van der Waals surface area contributed by atoms with Crippen molar-refractivity contribution in [2.45, 2.75) is 13.8 Å². The number of aryl methyl sites for hydroxylation is 2. The first kappa shape index (κ1) is 30.5. The van der Waals surface area contributed by atoms with Crippen LogP contribution in [0, 0.1) is 37.1 Å². The zero-order valence-electron chi connectivity index (χ0n) is 25.9. The zero-order chi connectivity index (χ0) is 34.9. The Kier molecular flexibility index (Phi) is 6.38. The second-order valence-electron chi connectivity index (χ2n) is 12.5. The van der Waals surface area contributed by atoms with Gasteiger partial charge in [0.05, 0.1) is 11.1 Å². The minimum atomic E-state index is -1.04. The minimum Gasteiger partial charge on any atom is -0.288 e. The average molecular weight is 703 g/mol. The van der Waals surface area contributed by atoms with Crippen molar-refractivity contribution in [3.05, 3.63) is 138 Å². The maximum Gasteiger partial charge on any atom is 0.197 e. The summed E-state index contributed by atoms with van der Waals surface area (Å²) in [7, 11) is 0. The van der Waals surface area contributed by atoms with E-state index in [1.54, 1.807) is 12.2 Å². The van der Waals surface area contributed by atoms with E-state index in [2.05, 4.69) is 0 Å². The SMILES string of the molecule is Cc1c2cc(C=C3C(=O)c4cc5cc(F)c(F)cc5cc4C3=O)sc2c(C)c2cc(C=C3C(=O)c4cc5cc(F)c(F)cc5cc4C3=O)sc12. The maximum absolute atomic E-state index is 13.9. The Balaban J connectivity index is 1.08. The normalized spacial score (nSPS) is 14.3. The second kappa shape index (κ2) is 10.5. The number of carbonyl (C=O) groups is 4. The fourth-order valence-electron chi connectivity index (χ4n) is 6.99. The number of ketones is 4. The summed E-state index contributed by atoms with van der Waals surface area (Å²) < 4.78 is 57.3. The van der Waals surface area contributed by atoms with Crippen LogP contribution >= 0.6 is 22.7 Å². The smallest absolute Gasteiger partial charge is 0.197 e. The van der Waals surface area contributed by atoms with Crippen LogP contribution < -0.4 is 0 Å². The third-order valence-corrected chi connectivity index (χ3v) is 12.0. The summed E-state index contributed by atoms with van der Waals surface area (Å²) in [6, 6.07) is 13.5. The fourth-order valence-corrected chi connectivity index (χ4v) is 9.34. The lowest BCUT2D eigenvalue weighted by atomic mass is 10.0. The van der Waals surface area contributed by atoms with Crippen LogP contribution in [0.15, 0.2) is 71.8 Å². The number of rotatable bonds is 2. The topological polar surface area (TPSA) is 68.3 Å². The van der Waals surface area contributed by atoms with E-state index in [1.807, 2.05) is 26.0 Å². The van der Waals surface area contributed by atoms with E-state index in [0.717, 1.165) is 55.6 Å². The van der Waals surface area contributed by atoms with Crippen LogP contribution in [0.5, 0.6) is 0 Å². The molecule has 2 aromatic heterocycles. The Morgan fingerprint density at radius 2 is 0.720 bits per heavy atom. The van der Waals surface area contributed by atoms with Crippen molar-refractivity contribution >= 4 is 99.7 Å². The van der Waals surface area contributed by atoms with E-state index in [9.17, 15) is 36.7 Å². The molecule has 0 unspecified atom stereocenters. The number of Topliss-reactive ketones (excluding diaryl/α,β-unsaturated/α-hetero) is 4. The van der Waals surface area contributed by atoms with E-state index < -0.39 is 46.4 Å². The number of thiophene rings is 2. The van der Waals surface area contributed by atoms with Crippen molar-refractivity contribution < 1.29 is 36.7 Å². The molecule has 50 heavy (non-hydrogen) atoms. The van der Waals surface area contributed by atoms with E-state index in [-0.39, 0.29) is 33.4 Å². The molecule has 242 valence electrons. The molecule has 0 fully saturated rings. The second-order valence-corrected chi connectivity index (χ2v) is 14.7. The Bertz CT molecular complexity index is 2530. The summed E-state index contributed by atoms with van der Waals surface area (Å²) in [6.07, 6.45) is 3.12. The summed E-state index contributed by atoms with van der Waals surface area (Å²) in [5, 5.41) is 3.13. The van der Waals surface area contributed by atoms with Gasteiger partial charge in [0.1, 0.15) is 0 Å². The van der Waals surface area contributed by atoms with Crippen molar-refractivity contribution in [3.8, 4) is 0 Å². The number of hydrogen-bond donors (Lipinski definition) is 0. The molecule has 0 aliphatic heterocycles. The van der Waals surface area contributed by atoms with Crippen molar-refractivity contribution in [3.63, 3.8) is 0 Å². The van der Waals surface area contributed by atoms with E-state index in [1.165, 1.54) is 46.9 Å². The molecule has 0 N–H and O–H groups in total. The molecule has 0 radical (unpaired) electrons. The van der Waals surface area contributed by atoms with Crippen LogP contribution in [-0.2, 0) is 0 Å². The maximum atomic E-state index is 13.9. The van der Waals surface area contributed by atoms with Gasteiger partial charge in [-0.15, -0.1) is 22.7 Å². The molecule has 2 aliphatic carbocycles. The van der Waals surface area contributed by atoms with Gasteiger partial charge in [-0.2, -0.15) is 0 Å². The van der Waals surface area contributed by atoms with E-state index in [0.29, 0.717) is 31.3 Å². The van der Waals surface area contributed by atoms with Crippen molar-refractivity contribution in [1.29, 1.82) is 0 Å². The van der Waals surface area contributed by atoms with Crippen LogP contribution in [-0.4, -0.2) is 23.1 Å². The van der Waals surface area contributed by atoms with Crippen LogP contribution in [0.25, 0.3) is 53.9 Å². The summed E-state index contributed by atoms with van der Waals surface area (Å²) in [5.74, 6) is -6.08. The Labute approximate surface area is 287 Å². The van der Waals surface area contributed by atoms with Gasteiger partial charge >= 0.3 is 0 Å². The highest BCUT2D eigenvalue weighted by atomic mass is 32.1. The highest BCUT2D eigenvalue weighted by Gasteiger charge is 2.35. The molecular formula is C40H18F4O4S2. The largest absolute Gasteiger partial charge is 0.288 e. The molecule has 0 amide bonds. The van der Waals surface area contributed by atoms with Gasteiger partial charge in [-0.25, -0.2) is 17.6 Å². The van der Waals surface area contributed by atoms with Crippen LogP contribution in [0.4, 0.5) is 17.6 Å². The first-order valence-corrected chi connectivity index (χ1v) is 17.0. The standard InChI is InChI=1S/C40H18F4O4S2/c1-15-23-11-21(13-29-35(45)25-3-17-7-31(41)32(42)8-18(17)4-26(25)36(29)46)50-40(23)16(2)24-12-22(49-39(15)24)14-30-37(47)27-5-19-9-33(43)34(44)10-20(19)6-28(27)38(30)48/h3-14H,1-2H3. The van der Waals surface area contributed by atoms with Gasteiger partial charge in [0, 0.05) is 41.4 Å². The quantitative estimate of drug-likeness (QED) is 0.102. The predicted molar refractivity (Wildman–Crippen MR) is 188 cm³/mol. The molecule has 5 aromatic carbocycles. The molecule has 7 aromatic rings. The highest BCUT2D eigenvalue weighted by molar-refractivity contribution is 7.22. The lowest BCUT2D eigenvalue weighted by Gasteiger charge is -2.03. The monoisotopic (exact) mass is 702 g/mol. The van der Waals surface area contributed by atoms with Crippen molar-refractivity contribution in [1.82, 2.24) is 0 Å². The highest BCUT2D eigenvalue weighted by Crippen LogP contribution is 2.43. The molecule has 0 atom stereocenters. The third kappa shape index (κ3) is 4.28. The minimum absolute atomic E-state index is 0.0242. The lowest BCUT2D eigenvalue weighted by Crippen LogP contribution is -1.99. The molecule has 0 saturated carbocycles. The van der Waals surface area contributed by atoms with Gasteiger partial charge < -0.3 is 0 Å². The molecule has 0 saturated heterocycles. The van der Waals surface area contributed by atoms with Crippen molar-refractivity contribution in [2.24, 2.45) is 0 Å². The average Bonchev–Trinajstić information content (AvgIpc) is 3.82. The number of carbonyl (C=O) groups excluding carboxylic acids is 4. The van der Waals surface area contributed by atoms with Gasteiger partial charge in [0.2, 0.25) is 0 Å². The summed E-state index contributed by atoms with van der Waals surface area (Å²) in [5.41, 5.74) is 2.43. The molecule has 2 aliphatic rings. The molecule has 4 nitrogen and oxygen atoms in total. The van der Waals surface area contributed by atoms with Gasteiger partial charge in [-0.05, 0) is 130 Å². The summed E-state index contributed by atoms with van der Waals surface area (Å²) >= 11 is 2.83.